The van der Waals surface area contributed by atoms with E-state index in [1.54, 1.807) is 18.5 Å². The largest absolute Gasteiger partial charge is 0.352 e. The Kier molecular flexibility index (Phi) is 5.11. The molecule has 0 unspecified atom stereocenters. The number of amides is 1. The van der Waals surface area contributed by atoms with Crippen LogP contribution in [0, 0.1) is 0 Å². The molecule has 6 nitrogen and oxygen atoms in total. The van der Waals surface area contributed by atoms with Crippen molar-refractivity contribution in [2.75, 3.05) is 6.54 Å². The molecule has 0 spiro atoms. The van der Waals surface area contributed by atoms with Gasteiger partial charge in [0.25, 0.3) is 0 Å². The fourth-order valence-corrected chi connectivity index (χ4v) is 1.75. The maximum Gasteiger partial charge on any atom is 0.244 e. The van der Waals surface area contributed by atoms with Crippen molar-refractivity contribution in [2.45, 2.75) is 26.4 Å². The van der Waals surface area contributed by atoms with E-state index in [0.29, 0.717) is 6.54 Å². The number of carbonyl (C=O) groups excluding carboxylic acids is 1. The SMILES string of the molecule is CCn1cc(/C=C/C(=O)NCCCn2cccn2)cn1. The fourth-order valence-electron chi connectivity index (χ4n) is 1.75. The van der Waals surface area contributed by atoms with E-state index in [9.17, 15) is 4.79 Å². The highest BCUT2D eigenvalue weighted by Gasteiger charge is 1.97. The second-order valence-corrected chi connectivity index (χ2v) is 4.38. The van der Waals surface area contributed by atoms with E-state index < -0.39 is 0 Å². The van der Waals surface area contributed by atoms with Gasteiger partial charge in [-0.15, -0.1) is 0 Å². The molecular formula is C14H19N5O. The zero-order chi connectivity index (χ0) is 14.2. The average Bonchev–Trinajstić information content (AvgIpc) is 3.12. The molecule has 106 valence electrons. The Morgan fingerprint density at radius 1 is 1.40 bits per heavy atom. The van der Waals surface area contributed by atoms with Gasteiger partial charge >= 0.3 is 0 Å². The number of hydrogen-bond donors (Lipinski definition) is 1. The minimum absolute atomic E-state index is 0.0882. The van der Waals surface area contributed by atoms with Crippen LogP contribution >= 0.6 is 0 Å². The van der Waals surface area contributed by atoms with E-state index in [2.05, 4.69) is 15.5 Å². The highest BCUT2D eigenvalue weighted by atomic mass is 16.1. The minimum Gasteiger partial charge on any atom is -0.352 e. The Hall–Kier alpha value is -2.37. The molecular weight excluding hydrogens is 254 g/mol. The number of aryl methyl sites for hydroxylation is 2. The van der Waals surface area contributed by atoms with Crippen molar-refractivity contribution < 1.29 is 4.79 Å². The van der Waals surface area contributed by atoms with Crippen molar-refractivity contribution in [3.05, 3.63) is 42.5 Å². The van der Waals surface area contributed by atoms with Crippen LogP contribution in [0.25, 0.3) is 6.08 Å². The van der Waals surface area contributed by atoms with Gasteiger partial charge in [0.2, 0.25) is 5.91 Å². The number of hydrogen-bond acceptors (Lipinski definition) is 3. The standard InChI is InChI=1S/C14H19N5O/c1-2-18-12-13(11-17-18)5-6-14(20)15-7-3-9-19-10-4-8-16-19/h4-6,8,10-12H,2-3,7,9H2,1H3,(H,15,20)/b6-5+. The van der Waals surface area contributed by atoms with Gasteiger partial charge in [-0.05, 0) is 25.5 Å². The molecule has 0 saturated carbocycles. The Bertz CT molecular complexity index is 556. The van der Waals surface area contributed by atoms with E-state index in [0.717, 1.165) is 25.1 Å². The number of nitrogens with one attached hydrogen (secondary N) is 1. The van der Waals surface area contributed by atoms with Crippen molar-refractivity contribution in [2.24, 2.45) is 0 Å². The molecule has 0 atom stereocenters. The van der Waals surface area contributed by atoms with Gasteiger partial charge in [-0.3, -0.25) is 14.2 Å². The van der Waals surface area contributed by atoms with Crippen LogP contribution < -0.4 is 5.32 Å². The van der Waals surface area contributed by atoms with E-state index in [1.165, 1.54) is 6.08 Å². The third kappa shape index (κ3) is 4.38. The van der Waals surface area contributed by atoms with Crippen molar-refractivity contribution in [1.29, 1.82) is 0 Å². The first kappa shape index (κ1) is 14.0. The Morgan fingerprint density at radius 2 is 2.30 bits per heavy atom. The van der Waals surface area contributed by atoms with Gasteiger partial charge < -0.3 is 5.32 Å². The van der Waals surface area contributed by atoms with Crippen LogP contribution in [0.2, 0.25) is 0 Å². The summed E-state index contributed by atoms with van der Waals surface area (Å²) >= 11 is 0. The smallest absolute Gasteiger partial charge is 0.244 e. The maximum absolute atomic E-state index is 11.6. The van der Waals surface area contributed by atoms with Gasteiger partial charge in [0.05, 0.1) is 6.20 Å². The third-order valence-electron chi connectivity index (χ3n) is 2.83. The van der Waals surface area contributed by atoms with E-state index in [1.807, 2.05) is 34.7 Å². The quantitative estimate of drug-likeness (QED) is 0.611. The number of aromatic nitrogens is 4. The first-order valence-corrected chi connectivity index (χ1v) is 6.73. The lowest BCUT2D eigenvalue weighted by Crippen LogP contribution is -2.23. The summed E-state index contributed by atoms with van der Waals surface area (Å²) in [6, 6.07) is 1.89. The highest BCUT2D eigenvalue weighted by molar-refractivity contribution is 5.91. The van der Waals surface area contributed by atoms with Gasteiger partial charge in [-0.1, -0.05) is 0 Å². The van der Waals surface area contributed by atoms with Crippen LogP contribution in [0.5, 0.6) is 0 Å². The fraction of sp³-hybridized carbons (Fsp3) is 0.357. The molecule has 6 heteroatoms. The molecule has 2 aromatic rings. The first-order chi connectivity index (χ1) is 9.78. The van der Waals surface area contributed by atoms with Crippen LogP contribution in [0.4, 0.5) is 0 Å². The van der Waals surface area contributed by atoms with Gasteiger partial charge in [-0.2, -0.15) is 10.2 Å². The van der Waals surface area contributed by atoms with Crippen LogP contribution in [-0.4, -0.2) is 32.0 Å². The lowest BCUT2D eigenvalue weighted by molar-refractivity contribution is -0.116. The molecule has 2 rings (SSSR count). The molecule has 0 aliphatic heterocycles. The lowest BCUT2D eigenvalue weighted by atomic mass is 10.3. The molecule has 0 aromatic carbocycles. The number of nitrogens with zero attached hydrogens (tertiary/aromatic N) is 4. The molecule has 20 heavy (non-hydrogen) atoms. The van der Waals surface area contributed by atoms with Crippen molar-refractivity contribution in [3.8, 4) is 0 Å². The second-order valence-electron chi connectivity index (χ2n) is 4.38. The molecule has 0 radical (unpaired) electrons. The zero-order valence-electron chi connectivity index (χ0n) is 11.6. The van der Waals surface area contributed by atoms with E-state index in [-0.39, 0.29) is 5.91 Å². The summed E-state index contributed by atoms with van der Waals surface area (Å²) < 4.78 is 3.67. The molecule has 0 aliphatic carbocycles. The molecule has 1 amide bonds. The topological polar surface area (TPSA) is 64.7 Å². The summed E-state index contributed by atoms with van der Waals surface area (Å²) in [4.78, 5) is 11.6. The average molecular weight is 273 g/mol. The molecule has 2 heterocycles. The summed E-state index contributed by atoms with van der Waals surface area (Å²) in [5.41, 5.74) is 0.929. The van der Waals surface area contributed by atoms with Crippen molar-refractivity contribution >= 4 is 12.0 Å². The van der Waals surface area contributed by atoms with E-state index >= 15 is 0 Å². The van der Waals surface area contributed by atoms with Crippen LogP contribution in [0.1, 0.15) is 18.9 Å². The predicted octanol–water partition coefficient (Wildman–Crippen LogP) is 1.32. The van der Waals surface area contributed by atoms with Crippen LogP contribution in [0.3, 0.4) is 0 Å². The zero-order valence-corrected chi connectivity index (χ0v) is 11.6. The number of rotatable bonds is 7. The minimum atomic E-state index is -0.0882. The highest BCUT2D eigenvalue weighted by Crippen LogP contribution is 2.00. The van der Waals surface area contributed by atoms with Crippen LogP contribution in [-0.2, 0) is 17.9 Å². The third-order valence-corrected chi connectivity index (χ3v) is 2.83. The molecule has 0 bridgehead atoms. The van der Waals surface area contributed by atoms with Gasteiger partial charge in [0, 0.05) is 49.9 Å². The van der Waals surface area contributed by atoms with E-state index in [4.69, 9.17) is 0 Å². The summed E-state index contributed by atoms with van der Waals surface area (Å²) in [6.07, 6.45) is 11.5. The lowest BCUT2D eigenvalue weighted by Gasteiger charge is -2.02. The summed E-state index contributed by atoms with van der Waals surface area (Å²) in [5, 5.41) is 11.1. The molecule has 2 aromatic heterocycles. The Morgan fingerprint density at radius 3 is 3.00 bits per heavy atom. The van der Waals surface area contributed by atoms with Crippen molar-refractivity contribution in [1.82, 2.24) is 24.9 Å². The molecule has 0 fully saturated rings. The Labute approximate surface area is 118 Å². The van der Waals surface area contributed by atoms with Crippen LogP contribution in [0.15, 0.2) is 36.9 Å². The normalized spacial score (nSPS) is 11.1. The maximum atomic E-state index is 11.6. The van der Waals surface area contributed by atoms with Gasteiger partial charge in [-0.25, -0.2) is 0 Å². The first-order valence-electron chi connectivity index (χ1n) is 6.73. The van der Waals surface area contributed by atoms with Crippen molar-refractivity contribution in [3.63, 3.8) is 0 Å². The van der Waals surface area contributed by atoms with Gasteiger partial charge in [0.1, 0.15) is 0 Å². The molecule has 1 N–H and O–H groups in total. The monoisotopic (exact) mass is 273 g/mol. The second kappa shape index (κ2) is 7.28. The summed E-state index contributed by atoms with van der Waals surface area (Å²) in [6.45, 7) is 4.29. The number of carbonyl (C=O) groups is 1. The molecule has 0 aliphatic rings. The van der Waals surface area contributed by atoms with Gasteiger partial charge in [0.15, 0.2) is 0 Å². The summed E-state index contributed by atoms with van der Waals surface area (Å²) in [5.74, 6) is -0.0882. The molecule has 0 saturated heterocycles. The summed E-state index contributed by atoms with van der Waals surface area (Å²) in [7, 11) is 0. The predicted molar refractivity (Wildman–Crippen MR) is 76.8 cm³/mol. The Balaban J connectivity index is 1.67.